The standard InChI is InChI=1S/C27H31N3O5S/c1-4-35-25(32)19-13-15-28(16-14-19)17-29-23-8-6-5-7-22(23)27(26(29)33)30(24(31)18(2)36-27)20-9-11-21(34-3)12-10-20/h5-12,18-19H,4,13-17H2,1-3H3. The van der Waals surface area contributed by atoms with Crippen LogP contribution in [-0.2, 0) is 24.0 Å². The molecule has 0 radical (unpaired) electrons. The predicted octanol–water partition coefficient (Wildman–Crippen LogP) is 3.60. The average molecular weight is 510 g/mol. The van der Waals surface area contributed by atoms with Crippen molar-refractivity contribution < 1.29 is 23.9 Å². The van der Waals surface area contributed by atoms with Gasteiger partial charge in [0.1, 0.15) is 5.75 Å². The van der Waals surface area contributed by atoms with Gasteiger partial charge in [-0.3, -0.25) is 29.1 Å². The zero-order chi connectivity index (χ0) is 25.4. The number of rotatable bonds is 6. The second-order valence-electron chi connectivity index (χ2n) is 9.31. The number of carbonyl (C=O) groups is 3. The summed E-state index contributed by atoms with van der Waals surface area (Å²) in [6.45, 7) is 5.88. The minimum atomic E-state index is -1.16. The summed E-state index contributed by atoms with van der Waals surface area (Å²) in [6, 6.07) is 15.0. The van der Waals surface area contributed by atoms with Crippen LogP contribution in [0.1, 0.15) is 32.3 Å². The molecule has 0 aromatic heterocycles. The molecule has 3 heterocycles. The fourth-order valence-corrected chi connectivity index (χ4v) is 6.91. The Bertz CT molecular complexity index is 1160. The second kappa shape index (κ2) is 9.78. The highest BCUT2D eigenvalue weighted by molar-refractivity contribution is 8.03. The maximum absolute atomic E-state index is 14.3. The molecule has 2 fully saturated rings. The van der Waals surface area contributed by atoms with E-state index in [2.05, 4.69) is 4.90 Å². The zero-order valence-electron chi connectivity index (χ0n) is 20.8. The molecule has 3 aliphatic heterocycles. The minimum absolute atomic E-state index is 0.0922. The van der Waals surface area contributed by atoms with E-state index in [-0.39, 0.29) is 29.0 Å². The van der Waals surface area contributed by atoms with Gasteiger partial charge < -0.3 is 9.47 Å². The average Bonchev–Trinajstić information content (AvgIpc) is 3.30. The summed E-state index contributed by atoms with van der Waals surface area (Å²) in [7, 11) is 1.60. The van der Waals surface area contributed by atoms with E-state index in [0.717, 1.165) is 11.3 Å². The van der Waals surface area contributed by atoms with Crippen LogP contribution in [0.5, 0.6) is 5.75 Å². The molecular weight excluding hydrogens is 478 g/mol. The number of benzene rings is 2. The van der Waals surface area contributed by atoms with Gasteiger partial charge in [-0.15, -0.1) is 11.8 Å². The van der Waals surface area contributed by atoms with Gasteiger partial charge in [0.15, 0.2) is 0 Å². The number of carbonyl (C=O) groups excluding carboxylic acids is 3. The molecule has 2 aromatic rings. The Kier molecular flexibility index (Phi) is 6.70. The summed E-state index contributed by atoms with van der Waals surface area (Å²) < 4.78 is 10.5. The Balaban J connectivity index is 1.45. The van der Waals surface area contributed by atoms with Crippen molar-refractivity contribution in [2.24, 2.45) is 5.92 Å². The number of hydrogen-bond acceptors (Lipinski definition) is 7. The van der Waals surface area contributed by atoms with Gasteiger partial charge in [0.25, 0.3) is 5.91 Å². The summed E-state index contributed by atoms with van der Waals surface area (Å²) in [4.78, 5) is 44.4. The summed E-state index contributed by atoms with van der Waals surface area (Å²) in [5.74, 6) is 0.249. The van der Waals surface area contributed by atoms with Crippen molar-refractivity contribution in [3.63, 3.8) is 0 Å². The van der Waals surface area contributed by atoms with Gasteiger partial charge in [-0.25, -0.2) is 0 Å². The molecule has 2 unspecified atom stereocenters. The van der Waals surface area contributed by atoms with Crippen molar-refractivity contribution in [1.29, 1.82) is 0 Å². The molecule has 0 bridgehead atoms. The van der Waals surface area contributed by atoms with Crippen molar-refractivity contribution in [3.8, 4) is 5.75 Å². The number of thioether (sulfide) groups is 1. The van der Waals surface area contributed by atoms with Crippen LogP contribution in [0.25, 0.3) is 0 Å². The van der Waals surface area contributed by atoms with Gasteiger partial charge in [-0.2, -0.15) is 0 Å². The number of hydrogen-bond donors (Lipinski definition) is 0. The number of methoxy groups -OCH3 is 1. The molecule has 0 aliphatic carbocycles. The van der Waals surface area contributed by atoms with Crippen LogP contribution in [0.3, 0.4) is 0 Å². The van der Waals surface area contributed by atoms with E-state index in [1.165, 1.54) is 11.8 Å². The summed E-state index contributed by atoms with van der Waals surface area (Å²) >= 11 is 1.40. The number of amides is 2. The van der Waals surface area contributed by atoms with Gasteiger partial charge in [0, 0.05) is 24.3 Å². The summed E-state index contributed by atoms with van der Waals surface area (Å²) in [5, 5.41) is -0.371. The molecule has 2 aromatic carbocycles. The third-order valence-corrected chi connectivity index (χ3v) is 8.68. The number of esters is 1. The van der Waals surface area contributed by atoms with Crippen LogP contribution in [0, 0.1) is 5.92 Å². The number of anilines is 2. The molecule has 2 amide bonds. The molecule has 2 saturated heterocycles. The van der Waals surface area contributed by atoms with E-state index in [1.54, 1.807) is 29.0 Å². The molecule has 1 spiro atoms. The first kappa shape index (κ1) is 24.6. The van der Waals surface area contributed by atoms with Gasteiger partial charge in [-0.1, -0.05) is 18.2 Å². The van der Waals surface area contributed by atoms with E-state index in [1.807, 2.05) is 50.2 Å². The molecule has 3 aliphatic rings. The van der Waals surface area contributed by atoms with Crippen molar-refractivity contribution in [2.75, 3.05) is 43.3 Å². The maximum Gasteiger partial charge on any atom is 0.309 e. The molecule has 8 nitrogen and oxygen atoms in total. The lowest BCUT2D eigenvalue weighted by molar-refractivity contribution is -0.149. The first-order valence-corrected chi connectivity index (χ1v) is 13.2. The van der Waals surface area contributed by atoms with Crippen molar-refractivity contribution in [2.45, 2.75) is 36.8 Å². The molecular formula is C27H31N3O5S. The maximum atomic E-state index is 14.3. The Morgan fingerprint density at radius 2 is 1.78 bits per heavy atom. The lowest BCUT2D eigenvalue weighted by Gasteiger charge is -2.36. The van der Waals surface area contributed by atoms with Crippen LogP contribution in [-0.4, -0.2) is 61.4 Å². The van der Waals surface area contributed by atoms with Crippen LogP contribution in [0.15, 0.2) is 48.5 Å². The van der Waals surface area contributed by atoms with Crippen LogP contribution in [0.4, 0.5) is 11.4 Å². The van der Waals surface area contributed by atoms with E-state index in [0.29, 0.717) is 50.6 Å². The van der Waals surface area contributed by atoms with Gasteiger partial charge in [-0.05, 0) is 57.0 Å². The predicted molar refractivity (Wildman–Crippen MR) is 139 cm³/mol. The summed E-state index contributed by atoms with van der Waals surface area (Å²) in [6.07, 6.45) is 1.41. The lowest BCUT2D eigenvalue weighted by atomic mass is 9.97. The topological polar surface area (TPSA) is 79.4 Å². The number of ether oxygens (including phenoxy) is 2. The Morgan fingerprint density at radius 3 is 2.44 bits per heavy atom. The van der Waals surface area contributed by atoms with Crippen LogP contribution in [0.2, 0.25) is 0 Å². The fraction of sp³-hybridized carbons (Fsp3) is 0.444. The first-order chi connectivity index (χ1) is 17.4. The van der Waals surface area contributed by atoms with Gasteiger partial charge in [0.05, 0.1) is 37.2 Å². The lowest BCUT2D eigenvalue weighted by Crippen LogP contribution is -2.52. The van der Waals surface area contributed by atoms with Crippen molar-refractivity contribution >= 4 is 40.9 Å². The summed E-state index contributed by atoms with van der Waals surface area (Å²) in [5.41, 5.74) is 2.32. The van der Waals surface area contributed by atoms with Crippen LogP contribution < -0.4 is 14.5 Å². The first-order valence-electron chi connectivity index (χ1n) is 12.4. The fourth-order valence-electron chi connectivity index (χ4n) is 5.38. The van der Waals surface area contributed by atoms with E-state index in [9.17, 15) is 14.4 Å². The third kappa shape index (κ3) is 3.94. The molecule has 190 valence electrons. The zero-order valence-corrected chi connectivity index (χ0v) is 21.6. The second-order valence-corrected chi connectivity index (χ2v) is 10.8. The minimum Gasteiger partial charge on any atom is -0.497 e. The molecule has 0 N–H and O–H groups in total. The highest BCUT2D eigenvalue weighted by Gasteiger charge is 2.63. The van der Waals surface area contributed by atoms with Crippen LogP contribution >= 0.6 is 11.8 Å². The van der Waals surface area contributed by atoms with E-state index >= 15 is 0 Å². The smallest absolute Gasteiger partial charge is 0.309 e. The Hall–Kier alpha value is -3.04. The quantitative estimate of drug-likeness (QED) is 0.551. The number of likely N-dealkylation sites (tertiary alicyclic amines) is 1. The monoisotopic (exact) mass is 509 g/mol. The van der Waals surface area contributed by atoms with Gasteiger partial charge in [0.2, 0.25) is 10.8 Å². The van der Waals surface area contributed by atoms with Crippen molar-refractivity contribution in [3.05, 3.63) is 54.1 Å². The molecule has 2 atom stereocenters. The van der Waals surface area contributed by atoms with Gasteiger partial charge >= 0.3 is 5.97 Å². The largest absolute Gasteiger partial charge is 0.497 e. The molecule has 36 heavy (non-hydrogen) atoms. The Morgan fingerprint density at radius 1 is 1.08 bits per heavy atom. The number of para-hydroxylation sites is 1. The number of nitrogens with zero attached hydrogens (tertiary/aromatic N) is 3. The van der Waals surface area contributed by atoms with E-state index < -0.39 is 4.87 Å². The highest BCUT2D eigenvalue weighted by atomic mass is 32.2. The molecule has 5 rings (SSSR count). The Labute approximate surface area is 215 Å². The normalized spacial score (nSPS) is 24.5. The molecule has 9 heteroatoms. The molecule has 0 saturated carbocycles. The number of fused-ring (bicyclic) bond motifs is 2. The third-order valence-electron chi connectivity index (χ3n) is 7.20. The number of piperidine rings is 1. The SMILES string of the molecule is CCOC(=O)C1CCN(CN2C(=O)C3(SC(C)C(=O)N3c3ccc(OC)cc3)c3ccccc32)CC1. The van der Waals surface area contributed by atoms with Crippen molar-refractivity contribution in [1.82, 2.24) is 4.90 Å². The highest BCUT2D eigenvalue weighted by Crippen LogP contribution is 2.57. The van der Waals surface area contributed by atoms with E-state index in [4.69, 9.17) is 9.47 Å².